The highest BCUT2D eigenvalue weighted by molar-refractivity contribution is 6.08. The number of amides is 1. The molecular formula is C17H30BN3O3. The Hall–Kier alpha value is -1.63. The van der Waals surface area contributed by atoms with Crippen LogP contribution >= 0.6 is 0 Å². The monoisotopic (exact) mass is 335 g/mol. The van der Waals surface area contributed by atoms with Crippen LogP contribution in [-0.4, -0.2) is 54.6 Å². The predicted octanol–water partition coefficient (Wildman–Crippen LogP) is 1.08. The third kappa shape index (κ3) is 4.69. The summed E-state index contributed by atoms with van der Waals surface area (Å²) in [5.74, 6) is -1.50. The minimum atomic E-state index is -1.34. The smallest absolute Gasteiger partial charge is 0.325 e. The third-order valence-corrected chi connectivity index (χ3v) is 4.80. The molecule has 1 aliphatic heterocycles. The van der Waals surface area contributed by atoms with Gasteiger partial charge in [-0.15, -0.1) is 0 Å². The molecule has 1 heterocycles. The molecule has 1 amide bonds. The first kappa shape index (κ1) is 20.4. The van der Waals surface area contributed by atoms with E-state index in [0.717, 1.165) is 24.9 Å². The van der Waals surface area contributed by atoms with Gasteiger partial charge in [-0.05, 0) is 20.3 Å². The fourth-order valence-electron chi connectivity index (χ4n) is 3.27. The van der Waals surface area contributed by atoms with Crippen LogP contribution in [0.2, 0.25) is 6.32 Å². The molecule has 3 atom stereocenters. The third-order valence-electron chi connectivity index (χ3n) is 4.80. The SMILES string of the molecule is BCCC[C@H]1CN(C(=O)[C@@H](C)CC(=C/C)/N=C\C)C[C@@]1(N)C(=O)O. The number of carbonyl (C=O) groups is 2. The van der Waals surface area contributed by atoms with Gasteiger partial charge in [-0.25, -0.2) is 0 Å². The van der Waals surface area contributed by atoms with Crippen molar-refractivity contribution < 1.29 is 14.7 Å². The van der Waals surface area contributed by atoms with Gasteiger partial charge in [0.1, 0.15) is 13.4 Å². The van der Waals surface area contributed by atoms with E-state index < -0.39 is 11.5 Å². The average Bonchev–Trinajstić information content (AvgIpc) is 2.89. The summed E-state index contributed by atoms with van der Waals surface area (Å²) in [4.78, 5) is 30.3. The number of hydrogen-bond donors (Lipinski definition) is 2. The largest absolute Gasteiger partial charge is 0.480 e. The van der Waals surface area contributed by atoms with E-state index in [1.807, 2.05) is 26.8 Å². The molecule has 0 unspecified atom stereocenters. The summed E-state index contributed by atoms with van der Waals surface area (Å²) >= 11 is 0. The molecule has 1 rings (SSSR count). The van der Waals surface area contributed by atoms with Crippen LogP contribution in [0, 0.1) is 11.8 Å². The number of rotatable bonds is 8. The standard InChI is InChI=1S/C17H30BN3O3/c1-4-14(20-5-2)9-12(3)15(22)21-10-13(7-6-8-18)17(19,11-21)16(23)24/h4-5,12-13H,6-11,18-19H2,1-3H3,(H,23,24)/b14-4-,20-5-/t12-,13-,17-/m0/s1. The fraction of sp³-hybridized carbons (Fsp3) is 0.706. The Bertz CT molecular complexity index is 521. The van der Waals surface area contributed by atoms with Crippen LogP contribution in [0.15, 0.2) is 16.8 Å². The highest BCUT2D eigenvalue weighted by atomic mass is 16.4. The van der Waals surface area contributed by atoms with Crippen LogP contribution in [0.1, 0.15) is 40.0 Å². The summed E-state index contributed by atoms with van der Waals surface area (Å²) in [5, 5.41) is 9.54. The van der Waals surface area contributed by atoms with Crippen molar-refractivity contribution in [1.29, 1.82) is 0 Å². The molecule has 0 bridgehead atoms. The van der Waals surface area contributed by atoms with Gasteiger partial charge in [0, 0.05) is 43.3 Å². The van der Waals surface area contributed by atoms with E-state index in [9.17, 15) is 14.7 Å². The highest BCUT2D eigenvalue weighted by Crippen LogP contribution is 2.31. The molecule has 3 N–H and O–H groups in total. The van der Waals surface area contributed by atoms with Crippen LogP contribution in [-0.2, 0) is 9.59 Å². The lowest BCUT2D eigenvalue weighted by Crippen LogP contribution is -2.55. The van der Waals surface area contributed by atoms with Crippen LogP contribution in [0.4, 0.5) is 0 Å². The van der Waals surface area contributed by atoms with E-state index in [1.165, 1.54) is 0 Å². The zero-order valence-corrected chi connectivity index (χ0v) is 15.3. The molecular weight excluding hydrogens is 305 g/mol. The molecule has 0 saturated carbocycles. The molecule has 1 aliphatic rings. The summed E-state index contributed by atoms with van der Waals surface area (Å²) in [7, 11) is 2.06. The van der Waals surface area contributed by atoms with E-state index in [2.05, 4.69) is 12.8 Å². The zero-order chi connectivity index (χ0) is 18.3. The molecule has 1 saturated heterocycles. The minimum absolute atomic E-state index is 0.0456. The van der Waals surface area contributed by atoms with Crippen molar-refractivity contribution in [2.75, 3.05) is 13.1 Å². The maximum Gasteiger partial charge on any atom is 0.325 e. The van der Waals surface area contributed by atoms with Crippen molar-refractivity contribution in [2.24, 2.45) is 22.6 Å². The van der Waals surface area contributed by atoms with E-state index in [-0.39, 0.29) is 24.3 Å². The summed E-state index contributed by atoms with van der Waals surface area (Å²) in [5.41, 5.74) is 5.68. The van der Waals surface area contributed by atoms with Crippen molar-refractivity contribution in [3.8, 4) is 0 Å². The maximum absolute atomic E-state index is 12.7. The van der Waals surface area contributed by atoms with Gasteiger partial charge in [-0.1, -0.05) is 25.7 Å². The minimum Gasteiger partial charge on any atom is -0.480 e. The lowest BCUT2D eigenvalue weighted by atomic mass is 9.83. The number of carboxylic acid groups (broad SMARTS) is 1. The van der Waals surface area contributed by atoms with Crippen molar-refractivity contribution in [2.45, 2.75) is 51.9 Å². The van der Waals surface area contributed by atoms with Crippen LogP contribution < -0.4 is 5.73 Å². The van der Waals surface area contributed by atoms with Gasteiger partial charge in [-0.3, -0.25) is 14.6 Å². The summed E-state index contributed by atoms with van der Waals surface area (Å²) < 4.78 is 0. The van der Waals surface area contributed by atoms with Crippen molar-refractivity contribution in [3.05, 3.63) is 11.8 Å². The van der Waals surface area contributed by atoms with E-state index in [0.29, 0.717) is 13.0 Å². The Morgan fingerprint density at radius 1 is 1.50 bits per heavy atom. The van der Waals surface area contributed by atoms with Gasteiger partial charge in [0.05, 0.1) is 0 Å². The molecule has 134 valence electrons. The molecule has 0 aromatic rings. The van der Waals surface area contributed by atoms with Crippen LogP contribution in [0.3, 0.4) is 0 Å². The van der Waals surface area contributed by atoms with Gasteiger partial charge >= 0.3 is 5.97 Å². The Kier molecular flexibility index (Phi) is 7.67. The van der Waals surface area contributed by atoms with Gasteiger partial charge in [-0.2, -0.15) is 0 Å². The maximum atomic E-state index is 12.7. The van der Waals surface area contributed by atoms with Gasteiger partial charge in [0.25, 0.3) is 0 Å². The van der Waals surface area contributed by atoms with Crippen molar-refractivity contribution in [1.82, 2.24) is 4.90 Å². The van der Waals surface area contributed by atoms with E-state index in [1.54, 1.807) is 11.1 Å². The first-order valence-electron chi connectivity index (χ1n) is 8.75. The number of aliphatic carboxylic acids is 1. The first-order valence-corrected chi connectivity index (χ1v) is 8.75. The second-order valence-electron chi connectivity index (χ2n) is 6.68. The molecule has 0 aliphatic carbocycles. The molecule has 1 fully saturated rings. The summed E-state index contributed by atoms with van der Waals surface area (Å²) in [6.07, 6.45) is 6.78. The number of nitrogens with zero attached hydrogens (tertiary/aromatic N) is 2. The second kappa shape index (κ2) is 9.01. The van der Waals surface area contributed by atoms with Crippen molar-refractivity contribution >= 4 is 25.9 Å². The van der Waals surface area contributed by atoms with Crippen LogP contribution in [0.5, 0.6) is 0 Å². The first-order chi connectivity index (χ1) is 11.3. The summed E-state index contributed by atoms with van der Waals surface area (Å²) in [6, 6.07) is 0. The topological polar surface area (TPSA) is 96.0 Å². The Balaban J connectivity index is 2.83. The normalized spacial score (nSPS) is 26.1. The number of hydrogen-bond acceptors (Lipinski definition) is 4. The molecule has 0 spiro atoms. The lowest BCUT2D eigenvalue weighted by Gasteiger charge is -2.25. The molecule has 7 heteroatoms. The zero-order valence-electron chi connectivity index (χ0n) is 15.3. The number of likely N-dealkylation sites (tertiary alicyclic amines) is 1. The number of allylic oxidation sites excluding steroid dienone is 2. The molecule has 24 heavy (non-hydrogen) atoms. The van der Waals surface area contributed by atoms with Crippen molar-refractivity contribution in [3.63, 3.8) is 0 Å². The number of aliphatic imine (C=N–C) groups is 1. The number of carboxylic acids is 1. The summed E-state index contributed by atoms with van der Waals surface area (Å²) in [6.45, 7) is 6.10. The van der Waals surface area contributed by atoms with Gasteiger partial charge < -0.3 is 15.7 Å². The predicted molar refractivity (Wildman–Crippen MR) is 98.9 cm³/mol. The van der Waals surface area contributed by atoms with Crippen LogP contribution in [0.25, 0.3) is 0 Å². The Morgan fingerprint density at radius 2 is 2.17 bits per heavy atom. The molecule has 6 nitrogen and oxygen atoms in total. The average molecular weight is 335 g/mol. The molecule has 0 aromatic carbocycles. The fourth-order valence-corrected chi connectivity index (χ4v) is 3.27. The lowest BCUT2D eigenvalue weighted by molar-refractivity contribution is -0.144. The van der Waals surface area contributed by atoms with E-state index >= 15 is 0 Å². The number of carbonyl (C=O) groups excluding carboxylic acids is 1. The Morgan fingerprint density at radius 3 is 2.67 bits per heavy atom. The van der Waals surface area contributed by atoms with E-state index in [4.69, 9.17) is 5.73 Å². The second-order valence-corrected chi connectivity index (χ2v) is 6.68. The molecule has 0 radical (unpaired) electrons. The van der Waals surface area contributed by atoms with Gasteiger partial charge in [0.15, 0.2) is 0 Å². The quantitative estimate of drug-likeness (QED) is 0.512. The Labute approximate surface area is 145 Å². The highest BCUT2D eigenvalue weighted by Gasteiger charge is 2.50. The van der Waals surface area contributed by atoms with Gasteiger partial charge in [0.2, 0.25) is 5.91 Å². The number of nitrogens with two attached hydrogens (primary N) is 1. The molecule has 0 aromatic heterocycles.